The third-order valence-corrected chi connectivity index (χ3v) is 6.32. The highest BCUT2D eigenvalue weighted by Gasteiger charge is 2.27. The van der Waals surface area contributed by atoms with Crippen molar-refractivity contribution < 1.29 is 9.53 Å². The summed E-state index contributed by atoms with van der Waals surface area (Å²) in [5.74, 6) is 1.67. The molecule has 2 aliphatic rings. The Labute approximate surface area is 181 Å². The number of carbonyl (C=O) groups excluding carboxylic acids is 1. The van der Waals surface area contributed by atoms with E-state index in [-0.39, 0.29) is 11.9 Å². The van der Waals surface area contributed by atoms with Gasteiger partial charge in [-0.15, -0.1) is 0 Å². The quantitative estimate of drug-likeness (QED) is 0.440. The number of esters is 1. The lowest BCUT2D eigenvalue weighted by Gasteiger charge is -2.33. The summed E-state index contributed by atoms with van der Waals surface area (Å²) in [4.78, 5) is 21.3. The summed E-state index contributed by atoms with van der Waals surface area (Å²) in [5, 5.41) is 3.55. The molecule has 0 saturated carbocycles. The highest BCUT2D eigenvalue weighted by molar-refractivity contribution is 5.80. The van der Waals surface area contributed by atoms with Gasteiger partial charge < -0.3 is 15.0 Å². The molecule has 166 valence electrons. The van der Waals surface area contributed by atoms with Crippen LogP contribution in [0.2, 0.25) is 0 Å². The average Bonchev–Trinajstić information content (AvgIpc) is 2.76. The first kappa shape index (κ1) is 22.6. The molecule has 6 heteroatoms. The summed E-state index contributed by atoms with van der Waals surface area (Å²) < 4.78 is 5.18. The van der Waals surface area contributed by atoms with E-state index in [2.05, 4.69) is 51.3 Å². The number of hydrogen-bond acceptors (Lipinski definition) is 4. The average molecular weight is 415 g/mol. The Morgan fingerprint density at radius 3 is 2.57 bits per heavy atom. The van der Waals surface area contributed by atoms with E-state index in [1.807, 2.05) is 14.0 Å². The normalized spacial score (nSPS) is 21.5. The largest absolute Gasteiger partial charge is 0.466 e. The van der Waals surface area contributed by atoms with Gasteiger partial charge in [0, 0.05) is 39.8 Å². The van der Waals surface area contributed by atoms with Crippen LogP contribution in [-0.4, -0.2) is 61.6 Å². The molecular weight excluding hydrogens is 376 g/mol. The van der Waals surface area contributed by atoms with Crippen molar-refractivity contribution in [1.29, 1.82) is 0 Å². The van der Waals surface area contributed by atoms with Crippen molar-refractivity contribution in [2.24, 2.45) is 16.8 Å². The number of hydrogen-bond donors (Lipinski definition) is 1. The van der Waals surface area contributed by atoms with E-state index in [1.165, 1.54) is 37.1 Å². The van der Waals surface area contributed by atoms with Crippen molar-refractivity contribution >= 4 is 11.9 Å². The Kier molecular flexibility index (Phi) is 8.55. The summed E-state index contributed by atoms with van der Waals surface area (Å²) in [6, 6.07) is 8.73. The summed E-state index contributed by atoms with van der Waals surface area (Å²) >= 11 is 0. The van der Waals surface area contributed by atoms with Crippen LogP contribution in [0.5, 0.6) is 0 Å². The molecule has 30 heavy (non-hydrogen) atoms. The third-order valence-electron chi connectivity index (χ3n) is 6.32. The van der Waals surface area contributed by atoms with E-state index in [9.17, 15) is 4.79 Å². The molecule has 1 atom stereocenters. The van der Waals surface area contributed by atoms with E-state index < -0.39 is 0 Å². The Balaban J connectivity index is 1.54. The first-order valence-electron chi connectivity index (χ1n) is 11.5. The fourth-order valence-corrected chi connectivity index (χ4v) is 4.65. The van der Waals surface area contributed by atoms with Crippen LogP contribution in [0.15, 0.2) is 29.3 Å². The monoisotopic (exact) mass is 414 g/mol. The second-order valence-electron chi connectivity index (χ2n) is 8.67. The minimum absolute atomic E-state index is 0.0203. The van der Waals surface area contributed by atoms with Gasteiger partial charge in [-0.05, 0) is 56.2 Å². The van der Waals surface area contributed by atoms with E-state index in [0.717, 1.165) is 50.9 Å². The zero-order chi connectivity index (χ0) is 21.3. The van der Waals surface area contributed by atoms with Crippen molar-refractivity contribution in [3.05, 3.63) is 35.4 Å². The molecule has 0 bridgehead atoms. The summed E-state index contributed by atoms with van der Waals surface area (Å²) in [7, 11) is 1.83. The number of likely N-dealkylation sites (tertiary alicyclic amines) is 2. The van der Waals surface area contributed by atoms with Crippen molar-refractivity contribution in [2.45, 2.75) is 52.6 Å². The van der Waals surface area contributed by atoms with Gasteiger partial charge in [0.2, 0.25) is 0 Å². The number of benzene rings is 1. The lowest BCUT2D eigenvalue weighted by Crippen LogP contribution is -2.46. The van der Waals surface area contributed by atoms with Crippen LogP contribution in [0.3, 0.4) is 0 Å². The number of aliphatic imine (C=N–C) groups is 1. The maximum Gasteiger partial charge on any atom is 0.309 e. The van der Waals surface area contributed by atoms with Crippen LogP contribution in [0.1, 0.15) is 50.7 Å². The van der Waals surface area contributed by atoms with Gasteiger partial charge in [0.05, 0.1) is 12.5 Å². The van der Waals surface area contributed by atoms with Gasteiger partial charge in [0.25, 0.3) is 0 Å². The third kappa shape index (κ3) is 6.21. The minimum atomic E-state index is -0.0546. The molecule has 1 N–H and O–H groups in total. The van der Waals surface area contributed by atoms with Crippen molar-refractivity contribution in [2.75, 3.05) is 39.8 Å². The number of carbonyl (C=O) groups is 1. The Hall–Kier alpha value is -2.08. The lowest BCUT2D eigenvalue weighted by molar-refractivity contribution is -0.149. The van der Waals surface area contributed by atoms with Gasteiger partial charge in [-0.1, -0.05) is 31.2 Å². The van der Waals surface area contributed by atoms with Crippen LogP contribution < -0.4 is 5.32 Å². The first-order chi connectivity index (χ1) is 14.6. The maximum atomic E-state index is 12.0. The SMILES string of the molecule is CCOC(=O)C1CCN(C(=NC)NCc2ccccc2CN2CCCC(C)C2)CC1. The molecule has 2 fully saturated rings. The lowest BCUT2D eigenvalue weighted by atomic mass is 9.97. The van der Waals surface area contributed by atoms with Gasteiger partial charge in [-0.2, -0.15) is 0 Å². The molecule has 2 saturated heterocycles. The summed E-state index contributed by atoms with van der Waals surface area (Å²) in [6.07, 6.45) is 4.30. The van der Waals surface area contributed by atoms with E-state index in [1.54, 1.807) is 0 Å². The topological polar surface area (TPSA) is 57.2 Å². The van der Waals surface area contributed by atoms with Crippen LogP contribution >= 0.6 is 0 Å². The first-order valence-corrected chi connectivity index (χ1v) is 11.5. The highest BCUT2D eigenvalue weighted by atomic mass is 16.5. The van der Waals surface area contributed by atoms with E-state index >= 15 is 0 Å². The predicted molar refractivity (Wildman–Crippen MR) is 121 cm³/mol. The van der Waals surface area contributed by atoms with Gasteiger partial charge in [-0.25, -0.2) is 0 Å². The minimum Gasteiger partial charge on any atom is -0.466 e. The molecule has 1 aromatic carbocycles. The molecule has 2 aliphatic heterocycles. The zero-order valence-electron chi connectivity index (χ0n) is 18.9. The van der Waals surface area contributed by atoms with Crippen molar-refractivity contribution in [1.82, 2.24) is 15.1 Å². The van der Waals surface area contributed by atoms with Gasteiger partial charge >= 0.3 is 5.97 Å². The number of piperidine rings is 2. The Morgan fingerprint density at radius 1 is 1.17 bits per heavy atom. The Morgan fingerprint density at radius 2 is 1.90 bits per heavy atom. The second kappa shape index (κ2) is 11.3. The van der Waals surface area contributed by atoms with Crippen molar-refractivity contribution in [3.63, 3.8) is 0 Å². The Bertz CT molecular complexity index is 713. The smallest absolute Gasteiger partial charge is 0.309 e. The number of ether oxygens (including phenoxy) is 1. The van der Waals surface area contributed by atoms with Crippen LogP contribution in [0.4, 0.5) is 0 Å². The number of nitrogens with zero attached hydrogens (tertiary/aromatic N) is 3. The molecule has 0 aromatic heterocycles. The number of guanidine groups is 1. The fourth-order valence-electron chi connectivity index (χ4n) is 4.65. The zero-order valence-corrected chi connectivity index (χ0v) is 18.9. The number of rotatable bonds is 6. The van der Waals surface area contributed by atoms with E-state index in [0.29, 0.717) is 6.61 Å². The maximum absolute atomic E-state index is 12.0. The van der Waals surface area contributed by atoms with E-state index in [4.69, 9.17) is 4.74 Å². The molecule has 1 unspecified atom stereocenters. The standard InChI is InChI=1S/C24H38N4O2/c1-4-30-23(29)20-11-14-28(15-12-20)24(25-3)26-16-21-9-5-6-10-22(21)18-27-13-7-8-19(2)17-27/h5-6,9-10,19-20H,4,7-8,11-18H2,1-3H3,(H,25,26). The van der Waals surface area contributed by atoms with Gasteiger partial charge in [-0.3, -0.25) is 14.7 Å². The molecule has 0 radical (unpaired) electrons. The van der Waals surface area contributed by atoms with Crippen LogP contribution in [-0.2, 0) is 22.6 Å². The predicted octanol–water partition coefficient (Wildman–Crippen LogP) is 3.27. The highest BCUT2D eigenvalue weighted by Crippen LogP contribution is 2.21. The van der Waals surface area contributed by atoms with Crippen molar-refractivity contribution in [3.8, 4) is 0 Å². The molecule has 2 heterocycles. The van der Waals surface area contributed by atoms with Crippen LogP contribution in [0.25, 0.3) is 0 Å². The molecule has 3 rings (SSSR count). The number of nitrogens with one attached hydrogen (secondary N) is 1. The molecular formula is C24H38N4O2. The van der Waals surface area contributed by atoms with Gasteiger partial charge in [0.15, 0.2) is 5.96 Å². The molecule has 0 spiro atoms. The molecule has 0 aliphatic carbocycles. The fraction of sp³-hybridized carbons (Fsp3) is 0.667. The molecule has 0 amide bonds. The molecule has 1 aromatic rings. The summed E-state index contributed by atoms with van der Waals surface area (Å²) in [6.45, 7) is 10.5. The second-order valence-corrected chi connectivity index (χ2v) is 8.67. The van der Waals surface area contributed by atoms with Crippen LogP contribution in [0, 0.1) is 11.8 Å². The molecule has 6 nitrogen and oxygen atoms in total. The summed E-state index contributed by atoms with van der Waals surface area (Å²) in [5.41, 5.74) is 2.73. The van der Waals surface area contributed by atoms with Gasteiger partial charge in [0.1, 0.15) is 0 Å².